The van der Waals surface area contributed by atoms with E-state index in [1.165, 1.54) is 12.4 Å². The average molecular weight is 345 g/mol. The van der Waals surface area contributed by atoms with Crippen LogP contribution in [-0.2, 0) is 16.6 Å². The van der Waals surface area contributed by atoms with Gasteiger partial charge in [0, 0.05) is 31.2 Å². The maximum Gasteiger partial charge on any atom is 0.244 e. The Hall–Kier alpha value is -2.45. The normalized spacial score (nSPS) is 13.1. The van der Waals surface area contributed by atoms with E-state index in [-0.39, 0.29) is 10.9 Å². The Kier molecular flexibility index (Phi) is 4.50. The van der Waals surface area contributed by atoms with E-state index in [0.717, 1.165) is 11.3 Å². The molecule has 0 aliphatic heterocycles. The quantitative estimate of drug-likeness (QED) is 0.742. The van der Waals surface area contributed by atoms with Crippen molar-refractivity contribution < 1.29 is 8.42 Å². The maximum atomic E-state index is 12.5. The Morgan fingerprint density at radius 3 is 2.75 bits per heavy atom. The summed E-state index contributed by atoms with van der Waals surface area (Å²) >= 11 is 0. The summed E-state index contributed by atoms with van der Waals surface area (Å²) in [6.45, 7) is 4.33. The molecular weight excluding hydrogens is 326 g/mol. The summed E-state index contributed by atoms with van der Waals surface area (Å²) in [5, 5.41) is 8.20. The molecular formula is C16H19N5O2S. The first-order chi connectivity index (χ1) is 11.5. The van der Waals surface area contributed by atoms with Crippen molar-refractivity contribution >= 4 is 10.0 Å². The van der Waals surface area contributed by atoms with Crippen LogP contribution in [0.25, 0.3) is 5.69 Å². The molecule has 8 heteroatoms. The van der Waals surface area contributed by atoms with Gasteiger partial charge >= 0.3 is 0 Å². The van der Waals surface area contributed by atoms with Gasteiger partial charge in [0.25, 0.3) is 0 Å². The van der Waals surface area contributed by atoms with Gasteiger partial charge in [-0.15, -0.1) is 0 Å². The molecule has 0 amide bonds. The standard InChI is InChI=1S/C16H19N5O2S/c1-3-20-12-16(11-18-20)24(22,23)19-13(2)14-6-4-7-15(10-14)21-9-5-8-17-21/h4-13,19H,3H2,1-2H3. The van der Waals surface area contributed by atoms with Gasteiger partial charge < -0.3 is 0 Å². The van der Waals surface area contributed by atoms with E-state index in [4.69, 9.17) is 0 Å². The molecule has 126 valence electrons. The zero-order chi connectivity index (χ0) is 17.2. The van der Waals surface area contributed by atoms with Gasteiger partial charge in [0.15, 0.2) is 0 Å². The third kappa shape index (κ3) is 3.39. The number of aromatic nitrogens is 4. The van der Waals surface area contributed by atoms with Gasteiger partial charge in [0.05, 0.1) is 11.9 Å². The Labute approximate surface area is 141 Å². The molecule has 2 heterocycles. The number of aryl methyl sites for hydroxylation is 1. The number of nitrogens with one attached hydrogen (secondary N) is 1. The van der Waals surface area contributed by atoms with Crippen molar-refractivity contribution in [3.63, 3.8) is 0 Å². The second-order valence-corrected chi connectivity index (χ2v) is 7.13. The molecule has 0 spiro atoms. The third-order valence-electron chi connectivity index (χ3n) is 3.71. The summed E-state index contributed by atoms with van der Waals surface area (Å²) in [4.78, 5) is 0.166. The van der Waals surface area contributed by atoms with Crippen molar-refractivity contribution in [2.75, 3.05) is 0 Å². The van der Waals surface area contributed by atoms with Gasteiger partial charge in [-0.05, 0) is 37.6 Å². The lowest BCUT2D eigenvalue weighted by atomic mass is 10.1. The molecule has 1 aromatic carbocycles. The van der Waals surface area contributed by atoms with Gasteiger partial charge in [-0.2, -0.15) is 10.2 Å². The summed E-state index contributed by atoms with van der Waals surface area (Å²) in [6, 6.07) is 9.06. The van der Waals surface area contributed by atoms with E-state index in [2.05, 4.69) is 14.9 Å². The topological polar surface area (TPSA) is 81.8 Å². The highest BCUT2D eigenvalue weighted by Crippen LogP contribution is 2.19. The van der Waals surface area contributed by atoms with E-state index in [1.54, 1.807) is 15.6 Å². The van der Waals surface area contributed by atoms with Gasteiger partial charge in [-0.1, -0.05) is 12.1 Å². The van der Waals surface area contributed by atoms with Crippen LogP contribution in [0.3, 0.4) is 0 Å². The van der Waals surface area contributed by atoms with Crippen molar-refractivity contribution in [1.29, 1.82) is 0 Å². The average Bonchev–Trinajstić information content (AvgIpc) is 3.26. The molecule has 0 radical (unpaired) electrons. The first-order valence-electron chi connectivity index (χ1n) is 7.64. The van der Waals surface area contributed by atoms with Crippen molar-refractivity contribution in [3.05, 3.63) is 60.7 Å². The molecule has 1 atom stereocenters. The maximum absolute atomic E-state index is 12.5. The van der Waals surface area contributed by atoms with Crippen molar-refractivity contribution in [2.45, 2.75) is 31.3 Å². The van der Waals surface area contributed by atoms with Gasteiger partial charge in [0.1, 0.15) is 4.90 Å². The predicted molar refractivity (Wildman–Crippen MR) is 90.2 cm³/mol. The molecule has 0 fully saturated rings. The SMILES string of the molecule is CCn1cc(S(=O)(=O)NC(C)c2cccc(-n3cccn3)c2)cn1. The number of nitrogens with zero attached hydrogens (tertiary/aromatic N) is 4. The third-order valence-corrected chi connectivity index (χ3v) is 5.21. The van der Waals surface area contributed by atoms with E-state index >= 15 is 0 Å². The zero-order valence-corrected chi connectivity index (χ0v) is 14.3. The molecule has 0 bridgehead atoms. The largest absolute Gasteiger partial charge is 0.272 e. The smallest absolute Gasteiger partial charge is 0.244 e. The summed E-state index contributed by atoms with van der Waals surface area (Å²) < 4.78 is 31.0. The summed E-state index contributed by atoms with van der Waals surface area (Å²) in [5.41, 5.74) is 1.73. The highest BCUT2D eigenvalue weighted by atomic mass is 32.2. The zero-order valence-electron chi connectivity index (χ0n) is 13.5. The van der Waals surface area contributed by atoms with Crippen LogP contribution in [0.15, 0.2) is 60.0 Å². The van der Waals surface area contributed by atoms with E-state index in [9.17, 15) is 8.42 Å². The van der Waals surface area contributed by atoms with Crippen LogP contribution >= 0.6 is 0 Å². The van der Waals surface area contributed by atoms with Crippen molar-refractivity contribution in [1.82, 2.24) is 24.3 Å². The van der Waals surface area contributed by atoms with Crippen LogP contribution in [0.4, 0.5) is 0 Å². The molecule has 0 saturated carbocycles. The number of rotatable bonds is 6. The van der Waals surface area contributed by atoms with E-state index in [0.29, 0.717) is 6.54 Å². The molecule has 1 N–H and O–H groups in total. The fourth-order valence-corrected chi connectivity index (χ4v) is 3.57. The van der Waals surface area contributed by atoms with Crippen LogP contribution < -0.4 is 4.72 Å². The molecule has 0 aliphatic carbocycles. The molecule has 0 saturated heterocycles. The minimum atomic E-state index is -3.62. The summed E-state index contributed by atoms with van der Waals surface area (Å²) in [7, 11) is -3.62. The Morgan fingerprint density at radius 1 is 1.25 bits per heavy atom. The first kappa shape index (κ1) is 16.4. The lowest BCUT2D eigenvalue weighted by Crippen LogP contribution is -2.26. The second-order valence-electron chi connectivity index (χ2n) is 5.42. The Bertz CT molecular complexity index is 916. The Morgan fingerprint density at radius 2 is 2.08 bits per heavy atom. The van der Waals surface area contributed by atoms with Gasteiger partial charge in [-0.25, -0.2) is 17.8 Å². The number of hydrogen-bond donors (Lipinski definition) is 1. The highest BCUT2D eigenvalue weighted by Gasteiger charge is 2.20. The van der Waals surface area contributed by atoms with Gasteiger partial charge in [-0.3, -0.25) is 4.68 Å². The molecule has 7 nitrogen and oxygen atoms in total. The van der Waals surface area contributed by atoms with Crippen LogP contribution in [0, 0.1) is 0 Å². The first-order valence-corrected chi connectivity index (χ1v) is 9.12. The minimum absolute atomic E-state index is 0.166. The lowest BCUT2D eigenvalue weighted by molar-refractivity contribution is 0.566. The summed E-state index contributed by atoms with van der Waals surface area (Å²) in [5.74, 6) is 0. The van der Waals surface area contributed by atoms with Crippen LogP contribution in [-0.4, -0.2) is 28.0 Å². The number of sulfonamides is 1. The fraction of sp³-hybridized carbons (Fsp3) is 0.250. The van der Waals surface area contributed by atoms with Crippen LogP contribution in [0.1, 0.15) is 25.5 Å². The van der Waals surface area contributed by atoms with Crippen molar-refractivity contribution in [2.24, 2.45) is 0 Å². The number of benzene rings is 1. The number of hydrogen-bond acceptors (Lipinski definition) is 4. The molecule has 24 heavy (non-hydrogen) atoms. The van der Waals surface area contributed by atoms with E-state index in [1.807, 2.05) is 50.4 Å². The summed E-state index contributed by atoms with van der Waals surface area (Å²) in [6.07, 6.45) is 6.42. The highest BCUT2D eigenvalue weighted by molar-refractivity contribution is 7.89. The van der Waals surface area contributed by atoms with Gasteiger partial charge in [0.2, 0.25) is 10.0 Å². The van der Waals surface area contributed by atoms with E-state index < -0.39 is 10.0 Å². The molecule has 3 rings (SSSR count). The molecule has 3 aromatic rings. The monoisotopic (exact) mass is 345 g/mol. The van der Waals surface area contributed by atoms with Crippen LogP contribution in [0.5, 0.6) is 0 Å². The van der Waals surface area contributed by atoms with Crippen molar-refractivity contribution in [3.8, 4) is 5.69 Å². The molecule has 2 aromatic heterocycles. The lowest BCUT2D eigenvalue weighted by Gasteiger charge is -2.15. The second kappa shape index (κ2) is 6.58. The van der Waals surface area contributed by atoms with Crippen LogP contribution in [0.2, 0.25) is 0 Å². The molecule has 1 unspecified atom stereocenters. The minimum Gasteiger partial charge on any atom is -0.272 e. The molecule has 0 aliphatic rings. The Balaban J connectivity index is 1.82. The predicted octanol–water partition coefficient (Wildman–Crippen LogP) is 2.13. The fourth-order valence-electron chi connectivity index (χ4n) is 2.38.